The lowest BCUT2D eigenvalue weighted by atomic mass is 10.2. The standard InChI is InChI=1S/C21H27N5O5S/c1-2-31-20-8-7-19(22-23-20)24-9-11-25(12-10-24)21(27)17-3-5-18(6-4-17)32(28,29)26-13-15-30-16-14-26/h3-8H,2,9-16H2,1H3. The molecule has 0 N–H and O–H groups in total. The molecule has 0 aliphatic carbocycles. The lowest BCUT2D eigenvalue weighted by Crippen LogP contribution is -2.49. The van der Waals surface area contributed by atoms with E-state index >= 15 is 0 Å². The molecule has 0 radical (unpaired) electrons. The number of carbonyl (C=O) groups is 1. The van der Waals surface area contributed by atoms with Crippen molar-refractivity contribution in [2.24, 2.45) is 0 Å². The SMILES string of the molecule is CCOc1ccc(N2CCN(C(=O)c3ccc(S(=O)(=O)N4CCOCC4)cc3)CC2)nn1. The topological polar surface area (TPSA) is 105 Å². The Morgan fingerprint density at radius 1 is 0.969 bits per heavy atom. The fraction of sp³-hybridized carbons (Fsp3) is 0.476. The van der Waals surface area contributed by atoms with Gasteiger partial charge >= 0.3 is 0 Å². The van der Waals surface area contributed by atoms with Crippen molar-refractivity contribution in [1.29, 1.82) is 0 Å². The molecule has 0 atom stereocenters. The zero-order chi connectivity index (χ0) is 22.6. The van der Waals surface area contributed by atoms with E-state index < -0.39 is 10.0 Å². The van der Waals surface area contributed by atoms with Gasteiger partial charge in [0.1, 0.15) is 0 Å². The lowest BCUT2D eigenvalue weighted by Gasteiger charge is -2.35. The molecule has 1 aromatic heterocycles. The van der Waals surface area contributed by atoms with Crippen LogP contribution in [0.2, 0.25) is 0 Å². The van der Waals surface area contributed by atoms with E-state index in [1.54, 1.807) is 23.1 Å². The Morgan fingerprint density at radius 2 is 1.66 bits per heavy atom. The highest BCUT2D eigenvalue weighted by molar-refractivity contribution is 7.89. The Kier molecular flexibility index (Phi) is 6.87. The Bertz CT molecular complexity index is 1020. The second kappa shape index (κ2) is 9.80. The van der Waals surface area contributed by atoms with Gasteiger partial charge in [-0.2, -0.15) is 4.31 Å². The van der Waals surface area contributed by atoms with Crippen molar-refractivity contribution in [3.8, 4) is 5.88 Å². The first-order valence-electron chi connectivity index (χ1n) is 10.7. The van der Waals surface area contributed by atoms with Crippen LogP contribution in [0.15, 0.2) is 41.3 Å². The first-order valence-corrected chi connectivity index (χ1v) is 12.1. The maximum atomic E-state index is 12.9. The molecule has 2 saturated heterocycles. The molecule has 2 aliphatic rings. The minimum Gasteiger partial charge on any atom is -0.477 e. The van der Waals surface area contributed by atoms with Crippen molar-refractivity contribution in [1.82, 2.24) is 19.4 Å². The summed E-state index contributed by atoms with van der Waals surface area (Å²) in [5.41, 5.74) is 0.472. The van der Waals surface area contributed by atoms with E-state index in [4.69, 9.17) is 9.47 Å². The van der Waals surface area contributed by atoms with Crippen LogP contribution >= 0.6 is 0 Å². The maximum absolute atomic E-state index is 12.9. The summed E-state index contributed by atoms with van der Waals surface area (Å²) in [4.78, 5) is 16.9. The number of sulfonamides is 1. The number of hydrogen-bond acceptors (Lipinski definition) is 8. The molecule has 2 aliphatic heterocycles. The van der Waals surface area contributed by atoms with Crippen molar-refractivity contribution in [2.45, 2.75) is 11.8 Å². The van der Waals surface area contributed by atoms with Gasteiger partial charge in [-0.1, -0.05) is 0 Å². The fourth-order valence-corrected chi connectivity index (χ4v) is 5.14. The summed E-state index contributed by atoms with van der Waals surface area (Å²) in [5, 5.41) is 8.25. The highest BCUT2D eigenvalue weighted by atomic mass is 32.2. The van der Waals surface area contributed by atoms with Gasteiger partial charge in [-0.15, -0.1) is 10.2 Å². The highest BCUT2D eigenvalue weighted by Gasteiger charge is 2.27. The Labute approximate surface area is 187 Å². The molecule has 2 fully saturated rings. The van der Waals surface area contributed by atoms with Crippen molar-refractivity contribution >= 4 is 21.7 Å². The van der Waals surface area contributed by atoms with E-state index in [0.29, 0.717) is 70.5 Å². The number of amides is 1. The predicted molar refractivity (Wildman–Crippen MR) is 117 cm³/mol. The van der Waals surface area contributed by atoms with Gasteiger partial charge in [-0.25, -0.2) is 8.42 Å². The molecule has 4 rings (SSSR count). The minimum atomic E-state index is -3.57. The van der Waals surface area contributed by atoms with Gasteiger partial charge in [0.25, 0.3) is 5.91 Å². The van der Waals surface area contributed by atoms with Crippen LogP contribution in [0.25, 0.3) is 0 Å². The number of ether oxygens (including phenoxy) is 2. The van der Waals surface area contributed by atoms with E-state index in [1.165, 1.54) is 16.4 Å². The summed E-state index contributed by atoms with van der Waals surface area (Å²) in [6, 6.07) is 9.83. The largest absolute Gasteiger partial charge is 0.477 e. The third-order valence-electron chi connectivity index (χ3n) is 5.52. The van der Waals surface area contributed by atoms with Crippen molar-refractivity contribution < 1.29 is 22.7 Å². The number of hydrogen-bond donors (Lipinski definition) is 0. The first kappa shape index (κ1) is 22.4. The van der Waals surface area contributed by atoms with Gasteiger partial charge < -0.3 is 19.3 Å². The van der Waals surface area contributed by atoms with Crippen LogP contribution in [0, 0.1) is 0 Å². The number of nitrogens with zero attached hydrogens (tertiary/aromatic N) is 5. The number of piperazine rings is 1. The predicted octanol–water partition coefficient (Wildman–Crippen LogP) is 0.859. The number of rotatable bonds is 6. The molecule has 1 amide bonds. The smallest absolute Gasteiger partial charge is 0.253 e. The van der Waals surface area contributed by atoms with Crippen molar-refractivity contribution in [3.05, 3.63) is 42.0 Å². The summed E-state index contributed by atoms with van der Waals surface area (Å²) in [7, 11) is -3.57. The monoisotopic (exact) mass is 461 g/mol. The highest BCUT2D eigenvalue weighted by Crippen LogP contribution is 2.20. The molecule has 0 bridgehead atoms. The maximum Gasteiger partial charge on any atom is 0.253 e. The Hall–Kier alpha value is -2.76. The molecular weight excluding hydrogens is 434 g/mol. The molecular formula is C21H27N5O5S. The third-order valence-corrected chi connectivity index (χ3v) is 7.43. The summed E-state index contributed by atoms with van der Waals surface area (Å²) >= 11 is 0. The molecule has 172 valence electrons. The number of anilines is 1. The zero-order valence-electron chi connectivity index (χ0n) is 18.0. The summed E-state index contributed by atoms with van der Waals surface area (Å²) < 4.78 is 37.5. The van der Waals surface area contributed by atoms with Gasteiger partial charge in [0.05, 0.1) is 24.7 Å². The van der Waals surface area contributed by atoms with Crippen molar-refractivity contribution in [2.75, 3.05) is 64.0 Å². The molecule has 32 heavy (non-hydrogen) atoms. The van der Waals surface area contributed by atoms with Gasteiger partial charge in [-0.3, -0.25) is 4.79 Å². The first-order chi connectivity index (χ1) is 15.5. The average Bonchev–Trinajstić information content (AvgIpc) is 2.85. The average molecular weight is 462 g/mol. The van der Waals surface area contributed by atoms with E-state index in [0.717, 1.165) is 5.82 Å². The Balaban J connectivity index is 1.36. The number of aromatic nitrogens is 2. The van der Waals surface area contributed by atoms with Gasteiger partial charge in [-0.05, 0) is 37.3 Å². The molecule has 0 spiro atoms. The molecule has 11 heteroatoms. The van der Waals surface area contributed by atoms with Crippen LogP contribution < -0.4 is 9.64 Å². The molecule has 10 nitrogen and oxygen atoms in total. The van der Waals surface area contributed by atoms with Crippen LogP contribution in [-0.2, 0) is 14.8 Å². The van der Waals surface area contributed by atoms with Crippen LogP contribution in [0.4, 0.5) is 5.82 Å². The molecule has 2 aromatic rings. The fourth-order valence-electron chi connectivity index (χ4n) is 3.73. The van der Waals surface area contributed by atoms with Crippen LogP contribution in [-0.4, -0.2) is 92.8 Å². The van der Waals surface area contributed by atoms with Crippen LogP contribution in [0.3, 0.4) is 0 Å². The number of morpholine rings is 1. The molecule has 0 unspecified atom stereocenters. The molecule has 3 heterocycles. The quantitative estimate of drug-likeness (QED) is 0.624. The number of benzene rings is 1. The van der Waals surface area contributed by atoms with E-state index in [1.807, 2.05) is 13.0 Å². The number of carbonyl (C=O) groups excluding carboxylic acids is 1. The second-order valence-corrected chi connectivity index (χ2v) is 9.42. The van der Waals surface area contributed by atoms with E-state index in [-0.39, 0.29) is 10.8 Å². The van der Waals surface area contributed by atoms with Crippen molar-refractivity contribution in [3.63, 3.8) is 0 Å². The normalized spacial score (nSPS) is 17.9. The minimum absolute atomic E-state index is 0.113. The van der Waals surface area contributed by atoms with Gasteiger partial charge in [0, 0.05) is 50.9 Å². The zero-order valence-corrected chi connectivity index (χ0v) is 18.8. The lowest BCUT2D eigenvalue weighted by molar-refractivity contribution is 0.0730. The molecule has 0 saturated carbocycles. The van der Waals surface area contributed by atoms with Gasteiger partial charge in [0.15, 0.2) is 5.82 Å². The summed E-state index contributed by atoms with van der Waals surface area (Å²) in [5.74, 6) is 1.13. The summed E-state index contributed by atoms with van der Waals surface area (Å²) in [6.45, 7) is 6.25. The second-order valence-electron chi connectivity index (χ2n) is 7.48. The third kappa shape index (κ3) is 4.84. The van der Waals surface area contributed by atoms with Gasteiger partial charge in [0.2, 0.25) is 15.9 Å². The van der Waals surface area contributed by atoms with Crippen LogP contribution in [0.1, 0.15) is 17.3 Å². The van der Waals surface area contributed by atoms with E-state index in [2.05, 4.69) is 15.1 Å². The van der Waals surface area contributed by atoms with E-state index in [9.17, 15) is 13.2 Å². The summed E-state index contributed by atoms with van der Waals surface area (Å²) in [6.07, 6.45) is 0. The molecule has 1 aromatic carbocycles. The van der Waals surface area contributed by atoms with Crippen LogP contribution in [0.5, 0.6) is 5.88 Å². The Morgan fingerprint density at radius 3 is 2.25 bits per heavy atom.